The molecule has 22 heteroatoms. The average Bonchev–Trinajstić information content (AvgIpc) is 3.30. The maximum absolute atomic E-state index is 14.2. The number of nitrogens with zero attached hydrogens (tertiary/aromatic N) is 6. The second kappa shape index (κ2) is 19.3. The third-order valence-corrected chi connectivity index (χ3v) is 14.5. The Balaban J connectivity index is 1.08. The molecule has 0 atom stereocenters. The van der Waals surface area contributed by atoms with Crippen molar-refractivity contribution < 1.29 is 45.9 Å². The summed E-state index contributed by atoms with van der Waals surface area (Å²) in [5, 5.41) is 29.2. The van der Waals surface area contributed by atoms with Gasteiger partial charge >= 0.3 is 0 Å². The lowest BCUT2D eigenvalue weighted by Gasteiger charge is -2.27. The van der Waals surface area contributed by atoms with Crippen molar-refractivity contribution in [1.29, 1.82) is 0 Å². The number of benzene rings is 4. The molecule has 2 aliphatic rings. The Kier molecular flexibility index (Phi) is 13.6. The molecule has 1 aliphatic carbocycles. The van der Waals surface area contributed by atoms with Crippen molar-refractivity contribution in [3.63, 3.8) is 0 Å². The molecule has 1 aromatic heterocycles. The molecule has 2 bridgehead atoms. The number of carbonyl (C=O) groups is 4. The first-order valence-corrected chi connectivity index (χ1v) is 23.0. The Hall–Kier alpha value is -7.11. The summed E-state index contributed by atoms with van der Waals surface area (Å²) in [4.78, 5) is 79.9. The minimum Gasteiger partial charge on any atom is -0.353 e. The largest absolute Gasteiger partial charge is 0.353 e. The van der Waals surface area contributed by atoms with Gasteiger partial charge in [0.25, 0.3) is 17.3 Å². The van der Waals surface area contributed by atoms with Crippen LogP contribution in [0.15, 0.2) is 119 Å². The van der Waals surface area contributed by atoms with Crippen LogP contribution in [0, 0.1) is 20.2 Å². The molecular weight excluding hydrogens is 885 g/mol. The van der Waals surface area contributed by atoms with Crippen LogP contribution in [0.3, 0.4) is 0 Å². The summed E-state index contributed by atoms with van der Waals surface area (Å²) >= 11 is 0. The zero-order chi connectivity index (χ0) is 46.5. The molecule has 5 aromatic rings. The zero-order valence-corrected chi connectivity index (χ0v) is 36.0. The van der Waals surface area contributed by atoms with Crippen molar-refractivity contribution in [1.82, 2.24) is 29.1 Å². The summed E-state index contributed by atoms with van der Waals surface area (Å²) < 4.78 is 58.7. The van der Waals surface area contributed by atoms with E-state index in [0.29, 0.717) is 0 Å². The Labute approximate surface area is 372 Å². The summed E-state index contributed by atoms with van der Waals surface area (Å²) in [6, 6.07) is 24.9. The van der Waals surface area contributed by atoms with Gasteiger partial charge in [0, 0.05) is 72.7 Å². The minimum atomic E-state index is -4.60. The molecule has 2 N–H and O–H groups in total. The van der Waals surface area contributed by atoms with Crippen LogP contribution in [0.2, 0.25) is 0 Å². The van der Waals surface area contributed by atoms with Gasteiger partial charge in [-0.3, -0.25) is 49.3 Å². The van der Waals surface area contributed by atoms with Crippen molar-refractivity contribution in [2.75, 3.05) is 45.8 Å². The van der Waals surface area contributed by atoms with Gasteiger partial charge in [-0.1, -0.05) is 54.6 Å². The molecule has 65 heavy (non-hydrogen) atoms. The maximum atomic E-state index is 14.2. The van der Waals surface area contributed by atoms with E-state index in [1.165, 1.54) is 60.7 Å². The monoisotopic (exact) mass is 924 g/mol. The Morgan fingerprint density at radius 1 is 0.600 bits per heavy atom. The standard InChI is InChI=1S/C43H40N8O12S2/c52-40(44-19-20-45-43(55)29-17-18-34-35(25-29)42(54)33-12-2-1-11-32(33)41(34)53)28-47-21-8-22-48(64(60,61)38-15-5-3-13-36(38)50(56)57)26-30-9-7-10-31(46-30)27-49(24-23-47)65(62,63)39-16-6-4-14-37(39)51(58)59/h1-7,9-18,25H,8,19-24,26-28H2,(H,44,52)(H,45,55). The maximum Gasteiger partial charge on any atom is 0.289 e. The lowest BCUT2D eigenvalue weighted by atomic mass is 9.83. The minimum absolute atomic E-state index is 0.0153. The predicted molar refractivity (Wildman–Crippen MR) is 232 cm³/mol. The van der Waals surface area contributed by atoms with Crippen molar-refractivity contribution >= 4 is 54.8 Å². The Bertz CT molecular complexity index is 2970. The van der Waals surface area contributed by atoms with E-state index >= 15 is 0 Å². The number of carbonyl (C=O) groups excluding carboxylic acids is 4. The summed E-state index contributed by atoms with van der Waals surface area (Å²) in [5.41, 5.74) is -0.0320. The average molecular weight is 925 g/mol. The first-order valence-electron chi connectivity index (χ1n) is 20.1. The first kappa shape index (κ1) is 45.9. The molecule has 4 aromatic carbocycles. The summed E-state index contributed by atoms with van der Waals surface area (Å²) in [5.74, 6) is -1.84. The number of hydrogen-bond donors (Lipinski definition) is 2. The van der Waals surface area contributed by atoms with Gasteiger partial charge in [0.05, 0.1) is 40.9 Å². The first-order chi connectivity index (χ1) is 31.1. The topological polar surface area (TPSA) is 270 Å². The second-order valence-electron chi connectivity index (χ2n) is 14.9. The van der Waals surface area contributed by atoms with Gasteiger partial charge in [-0.25, -0.2) is 16.8 Å². The van der Waals surface area contributed by atoms with Crippen LogP contribution in [0.25, 0.3) is 0 Å². The normalized spacial score (nSPS) is 15.3. The number of amides is 2. The molecule has 0 unspecified atom stereocenters. The SMILES string of the molecule is O=C(CN1CCCN(S(=O)(=O)c2ccccc2[N+](=O)[O-])Cc2cccc(n2)CN(S(=O)(=O)c2ccccc2[N+](=O)[O-])CC1)NCCNC(=O)c1ccc2c(c1)C(=O)c1ccccc1C2=O. The molecule has 0 saturated heterocycles. The van der Waals surface area contributed by atoms with Crippen LogP contribution in [0.4, 0.5) is 11.4 Å². The third-order valence-electron chi connectivity index (χ3n) is 10.7. The summed E-state index contributed by atoms with van der Waals surface area (Å²) in [6.07, 6.45) is 0.0558. The highest BCUT2D eigenvalue weighted by molar-refractivity contribution is 7.89. The van der Waals surface area contributed by atoms with E-state index < -0.39 is 75.2 Å². The molecule has 1 aliphatic heterocycles. The molecule has 0 saturated carbocycles. The van der Waals surface area contributed by atoms with E-state index in [2.05, 4.69) is 15.6 Å². The highest BCUT2D eigenvalue weighted by Crippen LogP contribution is 2.31. The number of nitrogens with one attached hydrogen (secondary N) is 2. The fraction of sp³-hybridized carbons (Fsp3) is 0.233. The van der Waals surface area contributed by atoms with Gasteiger partial charge in [-0.2, -0.15) is 8.61 Å². The van der Waals surface area contributed by atoms with Crippen LogP contribution >= 0.6 is 0 Å². The highest BCUT2D eigenvalue weighted by atomic mass is 32.2. The predicted octanol–water partition coefficient (Wildman–Crippen LogP) is 3.31. The van der Waals surface area contributed by atoms with Crippen molar-refractivity contribution in [2.24, 2.45) is 0 Å². The van der Waals surface area contributed by atoms with E-state index in [1.807, 2.05) is 0 Å². The number of fused-ring (bicyclic) bond motifs is 4. The third kappa shape index (κ3) is 10.0. The van der Waals surface area contributed by atoms with Gasteiger partial charge in [0.1, 0.15) is 0 Å². The van der Waals surface area contributed by atoms with E-state index in [0.717, 1.165) is 32.9 Å². The molecule has 20 nitrogen and oxygen atoms in total. The molecular formula is C43H40N8O12S2. The number of pyridine rings is 1. The van der Waals surface area contributed by atoms with E-state index in [1.54, 1.807) is 29.2 Å². The van der Waals surface area contributed by atoms with Crippen molar-refractivity contribution in [3.05, 3.63) is 169 Å². The highest BCUT2D eigenvalue weighted by Gasteiger charge is 2.35. The van der Waals surface area contributed by atoms with Crippen molar-refractivity contribution in [3.8, 4) is 0 Å². The number of nitro groups is 2. The molecule has 0 fully saturated rings. The number of para-hydroxylation sites is 2. The molecule has 2 heterocycles. The van der Waals surface area contributed by atoms with E-state index in [9.17, 15) is 56.2 Å². The fourth-order valence-electron chi connectivity index (χ4n) is 7.54. The lowest BCUT2D eigenvalue weighted by molar-refractivity contribution is -0.388. The number of nitro benzene ring substituents is 2. The summed E-state index contributed by atoms with van der Waals surface area (Å²) in [6.45, 7) is -1.80. The van der Waals surface area contributed by atoms with Gasteiger partial charge in [0.2, 0.25) is 26.0 Å². The quantitative estimate of drug-likeness (QED) is 0.101. The molecule has 0 radical (unpaired) electrons. The number of sulfonamides is 2. The van der Waals surface area contributed by atoms with Gasteiger partial charge < -0.3 is 10.6 Å². The number of aromatic nitrogens is 1. The molecule has 336 valence electrons. The zero-order valence-electron chi connectivity index (χ0n) is 34.4. The van der Waals surface area contributed by atoms with E-state index in [4.69, 9.17) is 0 Å². The molecule has 0 spiro atoms. The number of rotatable bonds is 12. The van der Waals surface area contributed by atoms with Gasteiger partial charge in [-0.15, -0.1) is 0 Å². The summed E-state index contributed by atoms with van der Waals surface area (Å²) in [7, 11) is -9.13. The van der Waals surface area contributed by atoms with Gasteiger partial charge in [0.15, 0.2) is 21.4 Å². The van der Waals surface area contributed by atoms with Crippen LogP contribution < -0.4 is 10.6 Å². The fourth-order valence-corrected chi connectivity index (χ4v) is 10.7. The Morgan fingerprint density at radius 3 is 1.69 bits per heavy atom. The van der Waals surface area contributed by atoms with Crippen molar-refractivity contribution in [2.45, 2.75) is 29.3 Å². The molecule has 7 rings (SSSR count). The molecule has 2 amide bonds. The van der Waals surface area contributed by atoms with Crippen LogP contribution in [-0.2, 0) is 37.9 Å². The van der Waals surface area contributed by atoms with Crippen LogP contribution in [0.1, 0.15) is 60.0 Å². The van der Waals surface area contributed by atoms with E-state index in [-0.39, 0.29) is 104 Å². The smallest absolute Gasteiger partial charge is 0.289 e. The number of hydrogen-bond acceptors (Lipinski definition) is 14. The van der Waals surface area contributed by atoms with Gasteiger partial charge in [-0.05, 0) is 55.4 Å². The number of ketones is 2. The lowest BCUT2D eigenvalue weighted by Crippen LogP contribution is -2.44. The van der Waals surface area contributed by atoms with Crippen LogP contribution in [0.5, 0.6) is 0 Å². The Morgan fingerprint density at radius 2 is 1.11 bits per heavy atom. The van der Waals surface area contributed by atoms with Crippen LogP contribution in [-0.4, -0.2) is 114 Å². The second-order valence-corrected chi connectivity index (χ2v) is 18.8.